The molecule has 5 amide bonds. The number of hydroxylamine groups is 1. The Hall–Kier alpha value is -4.73. The van der Waals surface area contributed by atoms with Gasteiger partial charge in [0.15, 0.2) is 5.96 Å². The number of nitrogens with zero attached hydrogens (tertiary/aromatic N) is 2. The van der Waals surface area contributed by atoms with Crippen LogP contribution in [0.5, 0.6) is 0 Å². The van der Waals surface area contributed by atoms with Crippen LogP contribution in [0, 0.1) is 0 Å². The molecule has 0 spiro atoms. The second kappa shape index (κ2) is 29.0. The van der Waals surface area contributed by atoms with Crippen molar-refractivity contribution in [3.63, 3.8) is 0 Å². The molecule has 0 aromatic heterocycles. The van der Waals surface area contributed by atoms with Gasteiger partial charge in [0.25, 0.3) is 11.9 Å². The third kappa shape index (κ3) is 25.7. The Balaban J connectivity index is -0.00000183. The molecule has 0 aliphatic rings. The second-order valence-corrected chi connectivity index (χ2v) is 9.41. The Kier molecular flexibility index (Phi) is 28.8. The maximum Gasteiger partial charge on any atom is 0.300 e. The summed E-state index contributed by atoms with van der Waals surface area (Å²) in [5.74, 6) is -3.87. The Labute approximate surface area is 271 Å². The van der Waals surface area contributed by atoms with E-state index in [0.717, 1.165) is 17.4 Å². The van der Waals surface area contributed by atoms with Gasteiger partial charge in [-0.2, -0.15) is 0 Å². The van der Waals surface area contributed by atoms with Crippen molar-refractivity contribution in [3.8, 4) is 0 Å². The number of carbonyl (C=O) groups is 6. The lowest BCUT2D eigenvalue weighted by atomic mass is 10.0. The molecule has 1 unspecified atom stereocenters. The number of carboxylic acid groups (broad SMARTS) is 1. The first-order chi connectivity index (χ1) is 21.7. The third-order valence-corrected chi connectivity index (χ3v) is 5.15. The van der Waals surface area contributed by atoms with E-state index < -0.39 is 48.2 Å². The van der Waals surface area contributed by atoms with Gasteiger partial charge in [0.05, 0.1) is 13.1 Å². The molecular formula is C30H54N8O8. The van der Waals surface area contributed by atoms with E-state index in [1.165, 1.54) is 18.9 Å². The molecule has 262 valence electrons. The minimum absolute atomic E-state index is 0.114. The monoisotopic (exact) mass is 654 g/mol. The summed E-state index contributed by atoms with van der Waals surface area (Å²) in [7, 11) is 1.38. The summed E-state index contributed by atoms with van der Waals surface area (Å²) in [5.41, 5.74) is 12.8. The quantitative estimate of drug-likeness (QED) is 0.0421. The fourth-order valence-corrected chi connectivity index (χ4v) is 3.25. The number of rotatable bonds is 15. The molecule has 46 heavy (non-hydrogen) atoms. The number of nitrogens with one attached hydrogen (secondary N) is 4. The van der Waals surface area contributed by atoms with Crippen LogP contribution >= 0.6 is 0 Å². The first kappa shape index (κ1) is 45.7. The van der Waals surface area contributed by atoms with Crippen molar-refractivity contribution in [2.24, 2.45) is 16.5 Å². The van der Waals surface area contributed by atoms with Crippen LogP contribution in [0.1, 0.15) is 72.8 Å². The third-order valence-electron chi connectivity index (χ3n) is 5.15. The molecule has 0 aliphatic heterocycles. The molecule has 0 saturated carbocycles. The zero-order valence-corrected chi connectivity index (χ0v) is 28.1. The summed E-state index contributed by atoms with van der Waals surface area (Å²) in [6.07, 6.45) is 2.08. The molecule has 16 nitrogen and oxygen atoms in total. The molecule has 0 radical (unpaired) electrons. The SMILES string of the molecule is CC.CC(=O)O.CCC.CCC(=O)NCC(=O)N[C@H](Cc1ccccc1)C(=O)N(C)CC(=O)NC(CCCN=C(N)N)C(=O)NO. The van der Waals surface area contributed by atoms with Crippen LogP contribution in [-0.2, 0) is 35.2 Å². The summed E-state index contributed by atoms with van der Waals surface area (Å²) in [4.78, 5) is 75.4. The predicted molar refractivity (Wildman–Crippen MR) is 175 cm³/mol. The first-order valence-electron chi connectivity index (χ1n) is 15.0. The van der Waals surface area contributed by atoms with Crippen molar-refractivity contribution in [1.29, 1.82) is 0 Å². The Morgan fingerprint density at radius 3 is 1.91 bits per heavy atom. The summed E-state index contributed by atoms with van der Waals surface area (Å²) < 4.78 is 0. The van der Waals surface area contributed by atoms with E-state index in [1.807, 2.05) is 19.9 Å². The molecule has 0 fully saturated rings. The van der Waals surface area contributed by atoms with Crippen molar-refractivity contribution >= 4 is 41.5 Å². The van der Waals surface area contributed by atoms with Gasteiger partial charge in [-0.1, -0.05) is 71.4 Å². The van der Waals surface area contributed by atoms with Gasteiger partial charge in [-0.15, -0.1) is 0 Å². The number of likely N-dealkylation sites (N-methyl/N-ethyl adjacent to an activating group) is 1. The number of nitrogens with two attached hydrogens (primary N) is 2. The Bertz CT molecular complexity index is 1060. The van der Waals surface area contributed by atoms with E-state index in [4.69, 9.17) is 26.6 Å². The van der Waals surface area contributed by atoms with Gasteiger partial charge in [0.2, 0.25) is 23.6 Å². The van der Waals surface area contributed by atoms with Gasteiger partial charge in [0.1, 0.15) is 12.1 Å². The Morgan fingerprint density at radius 1 is 0.913 bits per heavy atom. The number of guanidine groups is 1. The standard InChI is InChI=1S/C23H36N8O6.C3H8.C2H4O2.C2H6/c1-3-18(32)27-13-19(33)29-17(12-15-8-5-4-6-9-15)22(36)31(2)14-20(34)28-16(21(35)30-37)10-7-11-26-23(24)25;1-3-2;1-2(3)4;1-2/h4-6,8-9,16-17,37H,3,7,10-14H2,1-2H3,(H,27,32)(H,28,34)(H,29,33)(H,30,35)(H4,24,25,26);3H2,1-2H3;1H3,(H,3,4);1-2H3/t16?,17-;;;/m1.../s1. The van der Waals surface area contributed by atoms with Crippen LogP contribution in [0.2, 0.25) is 0 Å². The highest BCUT2D eigenvalue weighted by molar-refractivity contribution is 5.93. The summed E-state index contributed by atoms with van der Waals surface area (Å²) in [5, 5.41) is 23.9. The van der Waals surface area contributed by atoms with Crippen molar-refractivity contribution in [2.75, 3.05) is 26.7 Å². The van der Waals surface area contributed by atoms with Crippen LogP contribution in [0.3, 0.4) is 0 Å². The van der Waals surface area contributed by atoms with Crippen molar-refractivity contribution < 1.29 is 39.1 Å². The highest BCUT2D eigenvalue weighted by Gasteiger charge is 2.27. The lowest BCUT2D eigenvalue weighted by Crippen LogP contribution is -2.54. The van der Waals surface area contributed by atoms with E-state index >= 15 is 0 Å². The minimum atomic E-state index is -1.09. The smallest absolute Gasteiger partial charge is 0.300 e. The summed E-state index contributed by atoms with van der Waals surface area (Å²) in [6.45, 7) is 10.5. The van der Waals surface area contributed by atoms with Gasteiger partial charge < -0.3 is 37.4 Å². The molecule has 0 aliphatic carbocycles. The van der Waals surface area contributed by atoms with E-state index in [9.17, 15) is 24.0 Å². The maximum absolute atomic E-state index is 13.1. The van der Waals surface area contributed by atoms with E-state index in [1.54, 1.807) is 31.2 Å². The molecule has 16 heteroatoms. The number of carbonyl (C=O) groups excluding carboxylic acids is 5. The van der Waals surface area contributed by atoms with Crippen LogP contribution < -0.4 is 32.9 Å². The molecule has 0 heterocycles. The average molecular weight is 655 g/mol. The molecule has 1 rings (SSSR count). The minimum Gasteiger partial charge on any atom is -0.481 e. The van der Waals surface area contributed by atoms with Crippen LogP contribution in [0.25, 0.3) is 0 Å². The van der Waals surface area contributed by atoms with Gasteiger partial charge >= 0.3 is 0 Å². The van der Waals surface area contributed by atoms with Gasteiger partial charge in [-0.05, 0) is 18.4 Å². The van der Waals surface area contributed by atoms with Crippen LogP contribution in [0.15, 0.2) is 35.3 Å². The number of aliphatic imine (C=N–C) groups is 1. The van der Waals surface area contributed by atoms with Crippen molar-refractivity contribution in [2.45, 2.75) is 85.7 Å². The van der Waals surface area contributed by atoms with E-state index in [-0.39, 0.29) is 44.2 Å². The average Bonchev–Trinajstić information content (AvgIpc) is 3.01. The van der Waals surface area contributed by atoms with Crippen molar-refractivity contribution in [3.05, 3.63) is 35.9 Å². The fourth-order valence-electron chi connectivity index (χ4n) is 3.25. The van der Waals surface area contributed by atoms with Crippen LogP contribution in [0.4, 0.5) is 0 Å². The van der Waals surface area contributed by atoms with E-state index in [2.05, 4.69) is 34.8 Å². The lowest BCUT2D eigenvalue weighted by Gasteiger charge is -2.25. The summed E-state index contributed by atoms with van der Waals surface area (Å²) in [6, 6.07) is 6.87. The van der Waals surface area contributed by atoms with Gasteiger partial charge in [-0.3, -0.25) is 39.0 Å². The molecule has 0 saturated heterocycles. The molecule has 0 bridgehead atoms. The predicted octanol–water partition coefficient (Wildman–Crippen LogP) is 0.276. The second-order valence-electron chi connectivity index (χ2n) is 9.41. The highest BCUT2D eigenvalue weighted by Crippen LogP contribution is 2.06. The molecule has 1 aromatic rings. The number of aliphatic carboxylic acids is 1. The maximum atomic E-state index is 13.1. The fraction of sp³-hybridized carbons (Fsp3) is 0.567. The number of hydrogen-bond acceptors (Lipinski definition) is 8. The first-order valence-corrected chi connectivity index (χ1v) is 15.0. The molecule has 1 aromatic carbocycles. The van der Waals surface area contributed by atoms with Crippen molar-refractivity contribution in [1.82, 2.24) is 26.3 Å². The normalized spacial score (nSPS) is 10.6. The topological polar surface area (TPSA) is 259 Å². The van der Waals surface area contributed by atoms with Gasteiger partial charge in [-0.25, -0.2) is 5.48 Å². The number of hydrogen-bond donors (Lipinski definition) is 8. The van der Waals surface area contributed by atoms with E-state index in [0.29, 0.717) is 6.42 Å². The summed E-state index contributed by atoms with van der Waals surface area (Å²) >= 11 is 0. The highest BCUT2D eigenvalue weighted by atomic mass is 16.5. The Morgan fingerprint density at radius 2 is 1.43 bits per heavy atom. The molecule has 2 atom stereocenters. The number of carboxylic acids is 1. The lowest BCUT2D eigenvalue weighted by molar-refractivity contribution is -0.139. The van der Waals surface area contributed by atoms with Gasteiger partial charge in [0, 0.05) is 33.4 Å². The largest absolute Gasteiger partial charge is 0.481 e. The zero-order chi connectivity index (χ0) is 36.1. The number of amides is 5. The van der Waals surface area contributed by atoms with Crippen LogP contribution in [-0.4, -0.2) is 95.4 Å². The number of benzene rings is 1. The zero-order valence-electron chi connectivity index (χ0n) is 28.1. The molecular weight excluding hydrogens is 600 g/mol. The molecule has 10 N–H and O–H groups in total.